The molecule has 3 aromatic rings. The fourth-order valence-corrected chi connectivity index (χ4v) is 2.69. The monoisotopic (exact) mass is 414 g/mol. The van der Waals surface area contributed by atoms with Gasteiger partial charge in [-0.3, -0.25) is 0 Å². The van der Waals surface area contributed by atoms with E-state index in [-0.39, 0.29) is 5.75 Å². The second kappa shape index (κ2) is 8.57. The Labute approximate surface area is 166 Å². The van der Waals surface area contributed by atoms with E-state index in [1.165, 1.54) is 31.4 Å². The third kappa shape index (κ3) is 5.42. The van der Waals surface area contributed by atoms with Crippen molar-refractivity contribution in [2.45, 2.75) is 4.90 Å². The molecule has 29 heavy (non-hydrogen) atoms. The molecular formula is C19H15FN4O4S. The maximum absolute atomic E-state index is 12.9. The van der Waals surface area contributed by atoms with Crippen LogP contribution in [-0.2, 0) is 10.2 Å². The first kappa shape index (κ1) is 20.1. The number of ether oxygens (including phenoxy) is 1. The second-order valence-corrected chi connectivity index (χ2v) is 7.05. The summed E-state index contributed by atoms with van der Waals surface area (Å²) in [5.74, 6) is 0.556. The van der Waals surface area contributed by atoms with Gasteiger partial charge >= 0.3 is 10.2 Å². The average molecular weight is 414 g/mol. The summed E-state index contributed by atoms with van der Waals surface area (Å²) in [4.78, 5) is -0.443. The standard InChI is InChI=1S/C19H15FN4O4S/c1-28-19-12-15(23-21-14-4-9-17(10-5-14)29(20,26)27)6-11-18(19)24-22-13-2-7-16(25)8-3-13/h2-12,25H,1H3. The van der Waals surface area contributed by atoms with Crippen LogP contribution in [0.4, 0.5) is 26.6 Å². The molecule has 0 bridgehead atoms. The highest BCUT2D eigenvalue weighted by Crippen LogP contribution is 2.33. The van der Waals surface area contributed by atoms with Gasteiger partial charge in [-0.1, -0.05) is 0 Å². The van der Waals surface area contributed by atoms with Crippen LogP contribution >= 0.6 is 0 Å². The van der Waals surface area contributed by atoms with Crippen LogP contribution in [0.15, 0.2) is 92.1 Å². The first-order valence-electron chi connectivity index (χ1n) is 8.20. The van der Waals surface area contributed by atoms with Gasteiger partial charge in [-0.2, -0.15) is 23.8 Å². The number of phenols is 1. The van der Waals surface area contributed by atoms with E-state index in [0.29, 0.717) is 28.5 Å². The topological polar surface area (TPSA) is 113 Å². The lowest BCUT2D eigenvalue weighted by Gasteiger charge is -2.04. The Balaban J connectivity index is 1.77. The molecule has 3 rings (SSSR count). The molecule has 0 amide bonds. The minimum atomic E-state index is -4.75. The summed E-state index contributed by atoms with van der Waals surface area (Å²) in [6.45, 7) is 0. The summed E-state index contributed by atoms with van der Waals surface area (Å²) in [5, 5.41) is 25.5. The third-order valence-corrected chi connectivity index (χ3v) is 4.52. The van der Waals surface area contributed by atoms with Gasteiger partial charge in [0.1, 0.15) is 17.2 Å². The van der Waals surface area contributed by atoms with Crippen LogP contribution in [-0.4, -0.2) is 20.6 Å². The molecule has 0 aliphatic heterocycles. The number of aromatic hydroxyl groups is 1. The lowest BCUT2D eigenvalue weighted by atomic mass is 10.2. The molecule has 0 fully saturated rings. The summed E-state index contributed by atoms with van der Waals surface area (Å²) < 4.78 is 39.8. The Hall–Kier alpha value is -3.66. The third-order valence-electron chi connectivity index (χ3n) is 3.69. The number of nitrogens with zero attached hydrogens (tertiary/aromatic N) is 4. The number of benzene rings is 3. The molecule has 0 spiro atoms. The number of hydrogen-bond acceptors (Lipinski definition) is 8. The fraction of sp³-hybridized carbons (Fsp3) is 0.0526. The first-order chi connectivity index (χ1) is 13.8. The molecule has 3 aromatic carbocycles. The molecule has 0 heterocycles. The zero-order valence-electron chi connectivity index (χ0n) is 15.1. The molecular weight excluding hydrogens is 399 g/mol. The van der Waals surface area contributed by atoms with Crippen molar-refractivity contribution in [1.29, 1.82) is 0 Å². The Morgan fingerprint density at radius 1 is 0.793 bits per heavy atom. The lowest BCUT2D eigenvalue weighted by molar-refractivity contribution is 0.416. The normalized spacial score (nSPS) is 11.9. The van der Waals surface area contributed by atoms with Gasteiger partial charge in [0.2, 0.25) is 0 Å². The van der Waals surface area contributed by atoms with E-state index in [4.69, 9.17) is 4.74 Å². The second-order valence-electron chi connectivity index (χ2n) is 5.70. The van der Waals surface area contributed by atoms with Crippen LogP contribution in [0.2, 0.25) is 0 Å². The Morgan fingerprint density at radius 3 is 1.90 bits per heavy atom. The quantitative estimate of drug-likeness (QED) is 0.400. The van der Waals surface area contributed by atoms with Crippen LogP contribution in [0.25, 0.3) is 0 Å². The summed E-state index contributed by atoms with van der Waals surface area (Å²) in [6, 6.07) is 16.0. The minimum absolute atomic E-state index is 0.136. The maximum Gasteiger partial charge on any atom is 0.332 e. The van der Waals surface area contributed by atoms with Crippen molar-refractivity contribution in [3.8, 4) is 11.5 Å². The van der Waals surface area contributed by atoms with Crippen molar-refractivity contribution in [1.82, 2.24) is 0 Å². The van der Waals surface area contributed by atoms with Crippen molar-refractivity contribution in [3.05, 3.63) is 66.7 Å². The molecule has 148 valence electrons. The first-order valence-corrected chi connectivity index (χ1v) is 9.59. The number of halogens is 1. The molecule has 0 atom stereocenters. The molecule has 0 aromatic heterocycles. The van der Waals surface area contributed by atoms with Crippen molar-refractivity contribution in [2.75, 3.05) is 7.11 Å². The van der Waals surface area contributed by atoms with E-state index in [2.05, 4.69) is 20.5 Å². The predicted octanol–water partition coefficient (Wildman–Crippen LogP) is 5.89. The van der Waals surface area contributed by atoms with Gasteiger partial charge in [-0.25, -0.2) is 0 Å². The van der Waals surface area contributed by atoms with Crippen molar-refractivity contribution in [2.24, 2.45) is 20.5 Å². The highest BCUT2D eigenvalue weighted by molar-refractivity contribution is 7.86. The van der Waals surface area contributed by atoms with Gasteiger partial charge in [-0.15, -0.1) is 9.00 Å². The average Bonchev–Trinajstić information content (AvgIpc) is 2.71. The summed E-state index contributed by atoms with van der Waals surface area (Å²) in [5.41, 5.74) is 1.85. The Morgan fingerprint density at radius 2 is 1.31 bits per heavy atom. The van der Waals surface area contributed by atoms with Gasteiger partial charge in [0.25, 0.3) is 0 Å². The van der Waals surface area contributed by atoms with E-state index in [1.807, 2.05) is 0 Å². The molecule has 8 nitrogen and oxygen atoms in total. The molecule has 0 aliphatic carbocycles. The molecule has 0 saturated carbocycles. The van der Waals surface area contributed by atoms with Crippen LogP contribution in [0.3, 0.4) is 0 Å². The Bertz CT molecular complexity index is 1160. The van der Waals surface area contributed by atoms with E-state index in [0.717, 1.165) is 12.1 Å². The van der Waals surface area contributed by atoms with Gasteiger partial charge in [0.05, 0.1) is 29.1 Å². The Kier molecular flexibility index (Phi) is 5.93. The van der Waals surface area contributed by atoms with E-state index in [9.17, 15) is 17.4 Å². The summed E-state index contributed by atoms with van der Waals surface area (Å²) in [7, 11) is -3.27. The SMILES string of the molecule is COc1cc(N=Nc2ccc(S(=O)(=O)F)cc2)ccc1N=Nc1ccc(O)cc1. The zero-order valence-corrected chi connectivity index (χ0v) is 15.9. The highest BCUT2D eigenvalue weighted by atomic mass is 32.3. The van der Waals surface area contributed by atoms with Gasteiger partial charge in [-0.05, 0) is 60.7 Å². The van der Waals surface area contributed by atoms with Crippen LogP contribution in [0.1, 0.15) is 0 Å². The van der Waals surface area contributed by atoms with Gasteiger partial charge in [0.15, 0.2) is 0 Å². The number of rotatable bonds is 6. The van der Waals surface area contributed by atoms with E-state index < -0.39 is 15.1 Å². The molecule has 0 aliphatic rings. The molecule has 1 N–H and O–H groups in total. The van der Waals surface area contributed by atoms with Crippen LogP contribution in [0.5, 0.6) is 11.5 Å². The summed E-state index contributed by atoms with van der Waals surface area (Å²) in [6.07, 6.45) is 0. The maximum atomic E-state index is 12.9. The van der Waals surface area contributed by atoms with Gasteiger partial charge in [0, 0.05) is 6.07 Å². The molecule has 10 heteroatoms. The molecule has 0 saturated heterocycles. The number of phenolic OH excluding ortho intramolecular Hbond substituents is 1. The van der Waals surface area contributed by atoms with E-state index >= 15 is 0 Å². The van der Waals surface area contributed by atoms with Crippen molar-refractivity contribution in [3.63, 3.8) is 0 Å². The van der Waals surface area contributed by atoms with Crippen LogP contribution < -0.4 is 4.74 Å². The number of azo groups is 2. The zero-order chi connectivity index (χ0) is 20.9. The highest BCUT2D eigenvalue weighted by Gasteiger charge is 2.10. The largest absolute Gasteiger partial charge is 0.508 e. The van der Waals surface area contributed by atoms with Gasteiger partial charge < -0.3 is 9.84 Å². The number of methoxy groups -OCH3 is 1. The van der Waals surface area contributed by atoms with E-state index in [1.54, 1.807) is 30.3 Å². The predicted molar refractivity (Wildman–Crippen MR) is 104 cm³/mol. The van der Waals surface area contributed by atoms with Crippen LogP contribution in [0, 0.1) is 0 Å². The smallest absolute Gasteiger partial charge is 0.332 e. The fourth-order valence-electron chi connectivity index (χ4n) is 2.23. The molecule has 0 unspecified atom stereocenters. The number of hydrogen-bond donors (Lipinski definition) is 1. The summed E-state index contributed by atoms with van der Waals surface area (Å²) >= 11 is 0. The van der Waals surface area contributed by atoms with Crippen molar-refractivity contribution < 1.29 is 22.1 Å². The minimum Gasteiger partial charge on any atom is -0.508 e. The van der Waals surface area contributed by atoms with Crippen molar-refractivity contribution >= 4 is 33.0 Å². The molecule has 0 radical (unpaired) electrons. The lowest BCUT2D eigenvalue weighted by Crippen LogP contribution is -1.89.